The van der Waals surface area contributed by atoms with Gasteiger partial charge in [-0.25, -0.2) is 0 Å². The van der Waals surface area contributed by atoms with Crippen LogP contribution < -0.4 is 0 Å². The molecule has 2 heteroatoms. The van der Waals surface area contributed by atoms with Crippen molar-refractivity contribution < 1.29 is 22.2 Å². The molecule has 0 aromatic heterocycles. The monoisotopic (exact) mass is 258 g/mol. The van der Waals surface area contributed by atoms with Gasteiger partial charge in [-0.2, -0.15) is 0 Å². The molecular formula is C14H18FeO+2. The average Bonchev–Trinajstić information content (AvgIpc) is 2.94. The van der Waals surface area contributed by atoms with Crippen LogP contribution in [0.3, 0.4) is 0 Å². The van der Waals surface area contributed by atoms with E-state index in [1.54, 1.807) is 0 Å². The number of rotatable bonds is 4. The summed E-state index contributed by atoms with van der Waals surface area (Å²) in [5, 5.41) is 8.49. The summed E-state index contributed by atoms with van der Waals surface area (Å²) in [5.41, 5.74) is 0. The number of hydrogen-bond donors (Lipinski definition) is 1. The van der Waals surface area contributed by atoms with Crippen molar-refractivity contribution in [3.05, 3.63) is 63.7 Å². The molecule has 2 aliphatic carbocycles. The van der Waals surface area contributed by atoms with E-state index < -0.39 is 0 Å². The molecule has 86 valence electrons. The van der Waals surface area contributed by atoms with Crippen LogP contribution in [0.1, 0.15) is 19.3 Å². The fourth-order valence-electron chi connectivity index (χ4n) is 1.34. The zero-order chi connectivity index (χ0) is 10.8. The van der Waals surface area contributed by atoms with Crippen molar-refractivity contribution in [2.24, 2.45) is 0 Å². The Morgan fingerprint density at radius 2 is 1.25 bits per heavy atom. The van der Waals surface area contributed by atoms with Crippen LogP contribution in [0.2, 0.25) is 0 Å². The van der Waals surface area contributed by atoms with Crippen LogP contribution >= 0.6 is 0 Å². The Morgan fingerprint density at radius 1 is 0.750 bits per heavy atom. The van der Waals surface area contributed by atoms with Crippen molar-refractivity contribution in [1.29, 1.82) is 0 Å². The van der Waals surface area contributed by atoms with Crippen LogP contribution in [0, 0.1) is 63.7 Å². The molecule has 16 heavy (non-hydrogen) atoms. The molecule has 0 bridgehead atoms. The Hall–Kier alpha value is 0.479. The first-order chi connectivity index (χ1) is 7.43. The molecule has 2 aliphatic rings. The maximum Gasteiger partial charge on any atom is 2.00 e. The molecule has 1 nitrogen and oxygen atoms in total. The van der Waals surface area contributed by atoms with Crippen LogP contribution in [-0.4, -0.2) is 11.7 Å². The Balaban J connectivity index is 0.000000318. The van der Waals surface area contributed by atoms with E-state index in [0.717, 1.165) is 19.3 Å². The molecule has 1 N–H and O–H groups in total. The smallest absolute Gasteiger partial charge is 0.396 e. The summed E-state index contributed by atoms with van der Waals surface area (Å²) in [6.07, 6.45) is 21.5. The van der Waals surface area contributed by atoms with Gasteiger partial charge in [-0.1, -0.05) is 6.42 Å². The Kier molecular flexibility index (Phi) is 12.3. The van der Waals surface area contributed by atoms with E-state index in [1.807, 2.05) is 44.9 Å². The van der Waals surface area contributed by atoms with Gasteiger partial charge in [-0.15, -0.1) is 0 Å². The molecule has 0 heterocycles. The van der Waals surface area contributed by atoms with Gasteiger partial charge in [0.2, 0.25) is 0 Å². The largest absolute Gasteiger partial charge is 2.00 e. The SMILES string of the molecule is OCCCC[C]1[CH][CH][CH][CH]1.[CH]1[CH][CH][CH][CH]1.[Fe+2]. The zero-order valence-corrected chi connectivity index (χ0v) is 10.4. The maximum atomic E-state index is 8.49. The second-order valence-corrected chi connectivity index (χ2v) is 3.44. The summed E-state index contributed by atoms with van der Waals surface area (Å²) in [4.78, 5) is 0. The van der Waals surface area contributed by atoms with E-state index in [-0.39, 0.29) is 17.1 Å². The van der Waals surface area contributed by atoms with Crippen molar-refractivity contribution in [1.82, 2.24) is 0 Å². The van der Waals surface area contributed by atoms with Crippen molar-refractivity contribution >= 4 is 0 Å². The van der Waals surface area contributed by atoms with Gasteiger partial charge < -0.3 is 5.11 Å². The molecule has 0 atom stereocenters. The first-order valence-corrected chi connectivity index (χ1v) is 5.41. The zero-order valence-electron chi connectivity index (χ0n) is 9.33. The number of unbranched alkanes of at least 4 members (excludes halogenated alkanes) is 1. The second-order valence-electron chi connectivity index (χ2n) is 3.44. The number of hydrogen-bond acceptors (Lipinski definition) is 1. The van der Waals surface area contributed by atoms with Gasteiger partial charge in [0, 0.05) is 6.61 Å². The fourth-order valence-corrected chi connectivity index (χ4v) is 1.34. The van der Waals surface area contributed by atoms with Gasteiger partial charge in [-0.3, -0.25) is 0 Å². The molecule has 2 fully saturated rings. The molecule has 0 aliphatic heterocycles. The molecule has 0 spiro atoms. The molecule has 0 saturated heterocycles. The van der Waals surface area contributed by atoms with Gasteiger partial charge in [0.15, 0.2) is 0 Å². The first kappa shape index (κ1) is 16.5. The molecule has 2 saturated carbocycles. The molecule has 2 rings (SSSR count). The van der Waals surface area contributed by atoms with E-state index in [9.17, 15) is 0 Å². The fraction of sp³-hybridized carbons (Fsp3) is 0.286. The summed E-state index contributed by atoms with van der Waals surface area (Å²) in [6.45, 7) is 0.320. The van der Waals surface area contributed by atoms with Crippen molar-refractivity contribution in [2.45, 2.75) is 19.3 Å². The van der Waals surface area contributed by atoms with Crippen LogP contribution in [0.25, 0.3) is 0 Å². The normalized spacial score (nSPS) is 20.1. The summed E-state index contributed by atoms with van der Waals surface area (Å²) < 4.78 is 0. The van der Waals surface area contributed by atoms with Gasteiger partial charge in [-0.05, 0) is 76.5 Å². The molecule has 0 aromatic carbocycles. The second kappa shape index (κ2) is 12.0. The van der Waals surface area contributed by atoms with E-state index >= 15 is 0 Å². The summed E-state index contributed by atoms with van der Waals surface area (Å²) in [7, 11) is 0. The first-order valence-electron chi connectivity index (χ1n) is 5.41. The predicted molar refractivity (Wildman–Crippen MR) is 62.9 cm³/mol. The van der Waals surface area contributed by atoms with Crippen LogP contribution in [0.5, 0.6) is 0 Å². The molecule has 0 amide bonds. The van der Waals surface area contributed by atoms with Crippen molar-refractivity contribution in [3.8, 4) is 0 Å². The molecular weight excluding hydrogens is 240 g/mol. The minimum atomic E-state index is 0. The average molecular weight is 258 g/mol. The van der Waals surface area contributed by atoms with Gasteiger partial charge >= 0.3 is 17.1 Å². The maximum absolute atomic E-state index is 8.49. The van der Waals surface area contributed by atoms with Crippen molar-refractivity contribution in [3.63, 3.8) is 0 Å². The third-order valence-corrected chi connectivity index (χ3v) is 2.16. The van der Waals surface area contributed by atoms with E-state index in [2.05, 4.69) is 12.8 Å². The predicted octanol–water partition coefficient (Wildman–Crippen LogP) is 2.57. The third kappa shape index (κ3) is 8.61. The Labute approximate surface area is 112 Å². The molecule has 10 radical (unpaired) electrons. The topological polar surface area (TPSA) is 20.2 Å². The van der Waals surface area contributed by atoms with E-state index in [0.29, 0.717) is 6.61 Å². The van der Waals surface area contributed by atoms with Gasteiger partial charge in [0.25, 0.3) is 0 Å². The van der Waals surface area contributed by atoms with Gasteiger partial charge in [0.05, 0.1) is 0 Å². The van der Waals surface area contributed by atoms with E-state index in [4.69, 9.17) is 5.11 Å². The van der Waals surface area contributed by atoms with Crippen LogP contribution in [0.15, 0.2) is 0 Å². The summed E-state index contributed by atoms with van der Waals surface area (Å²) in [6, 6.07) is 0. The van der Waals surface area contributed by atoms with E-state index in [1.165, 1.54) is 5.92 Å². The minimum Gasteiger partial charge on any atom is -0.396 e. The Bertz CT molecular complexity index is 121. The van der Waals surface area contributed by atoms with Crippen LogP contribution in [0.4, 0.5) is 0 Å². The quantitative estimate of drug-likeness (QED) is 0.607. The number of aliphatic hydroxyl groups excluding tert-OH is 1. The summed E-state index contributed by atoms with van der Waals surface area (Å²) in [5.74, 6) is 1.38. The van der Waals surface area contributed by atoms with Crippen molar-refractivity contribution in [2.75, 3.05) is 6.61 Å². The summed E-state index contributed by atoms with van der Waals surface area (Å²) >= 11 is 0. The van der Waals surface area contributed by atoms with Crippen LogP contribution in [-0.2, 0) is 17.1 Å². The third-order valence-electron chi connectivity index (χ3n) is 2.16. The Morgan fingerprint density at radius 3 is 1.69 bits per heavy atom. The molecule has 0 unspecified atom stereocenters. The standard InChI is InChI=1S/C9H13O.C5H5.Fe/c10-8-4-3-7-9-5-1-2-6-9;1-2-4-5-3-1;/h1-2,5-6,10H,3-4,7-8H2;1-5H;/q;;+2. The molecule has 0 aromatic rings. The van der Waals surface area contributed by atoms with Gasteiger partial charge in [0.1, 0.15) is 0 Å². The number of aliphatic hydroxyl groups is 1. The minimum absolute atomic E-state index is 0.